The molecule has 40 heavy (non-hydrogen) atoms. The van der Waals surface area contributed by atoms with Gasteiger partial charge in [-0.25, -0.2) is 15.0 Å². The SMILES string of the molecule is CC.Cc1cc(C(C)(C)c2ccc(-c3cnc(NC4CCN(N(C)S)CC4)nc3)cc2)cc(C#N)c1OCCCl. The molecule has 214 valence electrons. The maximum absolute atomic E-state index is 9.72. The lowest BCUT2D eigenvalue weighted by atomic mass is 9.76. The molecule has 0 radical (unpaired) electrons. The van der Waals surface area contributed by atoms with Crippen molar-refractivity contribution in [3.05, 3.63) is 71.0 Å². The lowest BCUT2D eigenvalue weighted by Crippen LogP contribution is -2.44. The van der Waals surface area contributed by atoms with Crippen LogP contribution in [0.2, 0.25) is 0 Å². The van der Waals surface area contributed by atoms with Crippen molar-refractivity contribution < 1.29 is 4.74 Å². The van der Waals surface area contributed by atoms with Crippen LogP contribution in [-0.4, -0.2) is 58.1 Å². The maximum atomic E-state index is 9.72. The summed E-state index contributed by atoms with van der Waals surface area (Å²) in [7, 11) is 1.95. The van der Waals surface area contributed by atoms with E-state index in [1.54, 1.807) is 0 Å². The average Bonchev–Trinajstić information content (AvgIpc) is 2.98. The Morgan fingerprint density at radius 1 is 1.10 bits per heavy atom. The van der Waals surface area contributed by atoms with E-state index < -0.39 is 0 Å². The number of thiol groups is 1. The fourth-order valence-corrected chi connectivity index (χ4v) is 5.09. The summed E-state index contributed by atoms with van der Waals surface area (Å²) in [6.07, 6.45) is 5.78. The van der Waals surface area contributed by atoms with Gasteiger partial charge in [0.25, 0.3) is 0 Å². The van der Waals surface area contributed by atoms with Gasteiger partial charge in [0, 0.05) is 49.6 Å². The molecular weight excluding hydrogens is 540 g/mol. The molecule has 1 aromatic heterocycles. The molecule has 9 heteroatoms. The minimum absolute atomic E-state index is 0.304. The van der Waals surface area contributed by atoms with E-state index in [1.165, 1.54) is 0 Å². The Hall–Kier alpha value is -2.83. The van der Waals surface area contributed by atoms with E-state index >= 15 is 0 Å². The van der Waals surface area contributed by atoms with Crippen LogP contribution < -0.4 is 10.1 Å². The minimum atomic E-state index is -0.304. The Morgan fingerprint density at radius 3 is 2.27 bits per heavy atom. The number of halogens is 1. The van der Waals surface area contributed by atoms with E-state index in [0.29, 0.717) is 35.8 Å². The van der Waals surface area contributed by atoms with Crippen LogP contribution in [0.4, 0.5) is 5.95 Å². The third-order valence-corrected chi connectivity index (χ3v) is 7.65. The van der Waals surface area contributed by atoms with Gasteiger partial charge in [-0.2, -0.15) is 9.68 Å². The Kier molecular flexibility index (Phi) is 11.6. The molecule has 1 aliphatic rings. The number of anilines is 1. The van der Waals surface area contributed by atoms with Crippen LogP contribution in [0.15, 0.2) is 48.8 Å². The Labute approximate surface area is 250 Å². The maximum Gasteiger partial charge on any atom is 0.222 e. The summed E-state index contributed by atoms with van der Waals surface area (Å²) < 4.78 is 7.59. The smallest absolute Gasteiger partial charge is 0.222 e. The molecule has 2 heterocycles. The fraction of sp³-hybridized carbons (Fsp3) is 0.452. The molecule has 0 aliphatic carbocycles. The standard InChI is InChI=1S/C29H35ClN6OS.C2H6/c1-20-15-25(16-22(17-31)27(20)37-14-11-30)29(2,3)24-7-5-21(6-8-24)23-18-32-28(33-19-23)34-26-9-12-36(13-10-26)35(4)38;1-2/h5-8,15-16,18-19,26,38H,9-14H2,1-4H3,(H,32,33,34);1-2H3. The highest BCUT2D eigenvalue weighted by atomic mass is 35.5. The summed E-state index contributed by atoms with van der Waals surface area (Å²) in [5.41, 5.74) is 5.38. The number of aromatic nitrogens is 2. The van der Waals surface area contributed by atoms with Crippen molar-refractivity contribution in [2.24, 2.45) is 0 Å². The number of piperidine rings is 1. The topological polar surface area (TPSA) is 77.3 Å². The molecule has 0 saturated carbocycles. The zero-order valence-electron chi connectivity index (χ0n) is 24.4. The van der Waals surface area contributed by atoms with Gasteiger partial charge in [-0.05, 0) is 48.1 Å². The van der Waals surface area contributed by atoms with Gasteiger partial charge in [0.15, 0.2) is 0 Å². The number of nitriles is 1. The van der Waals surface area contributed by atoms with Gasteiger partial charge in [0.2, 0.25) is 5.95 Å². The molecule has 1 saturated heterocycles. The first-order chi connectivity index (χ1) is 19.2. The Bertz CT molecular complexity index is 1270. The molecule has 7 nitrogen and oxygen atoms in total. The average molecular weight is 581 g/mol. The second-order valence-electron chi connectivity index (χ2n) is 10.2. The number of alkyl halides is 1. The minimum Gasteiger partial charge on any atom is -0.491 e. The van der Waals surface area contributed by atoms with Crippen molar-refractivity contribution >= 4 is 30.4 Å². The molecule has 3 aromatic rings. The quantitative estimate of drug-likeness (QED) is 0.211. The number of hydrazine groups is 1. The summed E-state index contributed by atoms with van der Waals surface area (Å²) in [5.74, 6) is 1.64. The van der Waals surface area contributed by atoms with Crippen molar-refractivity contribution in [3.63, 3.8) is 0 Å². The molecule has 2 aromatic carbocycles. The summed E-state index contributed by atoms with van der Waals surface area (Å²) in [6, 6.07) is 15.1. The Balaban J connectivity index is 0.00000216. The van der Waals surface area contributed by atoms with Crippen LogP contribution >= 0.6 is 24.4 Å². The van der Waals surface area contributed by atoms with Crippen molar-refractivity contribution in [2.75, 3.05) is 37.9 Å². The number of hydrogen-bond donors (Lipinski definition) is 2. The van der Waals surface area contributed by atoms with Crippen LogP contribution in [0.1, 0.15) is 62.8 Å². The van der Waals surface area contributed by atoms with E-state index in [4.69, 9.17) is 16.3 Å². The third-order valence-electron chi connectivity index (χ3n) is 7.25. The number of nitrogens with zero attached hydrogens (tertiary/aromatic N) is 5. The second kappa shape index (κ2) is 14.7. The first-order valence-corrected chi connectivity index (χ1v) is 14.8. The third kappa shape index (κ3) is 7.67. The molecule has 0 amide bonds. The summed E-state index contributed by atoms with van der Waals surface area (Å²) in [6.45, 7) is 12.6. The molecule has 1 fully saturated rings. The van der Waals surface area contributed by atoms with Gasteiger partial charge in [-0.15, -0.1) is 11.6 Å². The lowest BCUT2D eigenvalue weighted by molar-refractivity contribution is 0.0700. The number of nitrogens with one attached hydrogen (secondary N) is 1. The predicted molar refractivity (Wildman–Crippen MR) is 168 cm³/mol. The number of rotatable bonds is 9. The van der Waals surface area contributed by atoms with E-state index in [-0.39, 0.29) is 5.41 Å². The summed E-state index contributed by atoms with van der Waals surface area (Å²) in [5, 5.41) is 15.4. The van der Waals surface area contributed by atoms with Crippen molar-refractivity contribution in [1.82, 2.24) is 19.4 Å². The highest BCUT2D eigenvalue weighted by Crippen LogP contribution is 2.36. The molecule has 0 bridgehead atoms. The van der Waals surface area contributed by atoms with Gasteiger partial charge in [-0.3, -0.25) is 0 Å². The van der Waals surface area contributed by atoms with Gasteiger partial charge >= 0.3 is 0 Å². The summed E-state index contributed by atoms with van der Waals surface area (Å²) in [4.78, 5) is 9.14. The molecule has 0 unspecified atom stereocenters. The summed E-state index contributed by atoms with van der Waals surface area (Å²) >= 11 is 10.2. The molecule has 4 rings (SSSR count). The van der Waals surface area contributed by atoms with Crippen molar-refractivity contribution in [2.45, 2.75) is 58.9 Å². The van der Waals surface area contributed by atoms with E-state index in [1.807, 2.05) is 50.7 Å². The van der Waals surface area contributed by atoms with E-state index in [0.717, 1.165) is 53.7 Å². The van der Waals surface area contributed by atoms with Gasteiger partial charge in [-0.1, -0.05) is 70.8 Å². The number of hydrogen-bond acceptors (Lipinski definition) is 8. The number of ether oxygens (including phenoxy) is 1. The van der Waals surface area contributed by atoms with E-state index in [2.05, 4.69) is 83.4 Å². The monoisotopic (exact) mass is 580 g/mol. The van der Waals surface area contributed by atoms with Crippen molar-refractivity contribution in [1.29, 1.82) is 5.26 Å². The molecular formula is C31H41ClN6OS. The molecule has 1 N–H and O–H groups in total. The van der Waals surface area contributed by atoms with Crippen LogP contribution in [0.5, 0.6) is 5.75 Å². The van der Waals surface area contributed by atoms with Crippen LogP contribution in [0, 0.1) is 18.3 Å². The highest BCUT2D eigenvalue weighted by Gasteiger charge is 2.26. The predicted octanol–water partition coefficient (Wildman–Crippen LogP) is 6.86. The zero-order chi connectivity index (χ0) is 29.3. The normalized spacial score (nSPS) is 14.3. The molecule has 0 spiro atoms. The second-order valence-corrected chi connectivity index (χ2v) is 11.1. The van der Waals surface area contributed by atoms with Crippen LogP contribution in [-0.2, 0) is 5.41 Å². The van der Waals surface area contributed by atoms with Gasteiger partial charge in [0.05, 0.1) is 11.4 Å². The van der Waals surface area contributed by atoms with Crippen molar-refractivity contribution in [3.8, 4) is 22.9 Å². The first-order valence-electron chi connectivity index (χ1n) is 13.8. The zero-order valence-corrected chi connectivity index (χ0v) is 26.1. The molecule has 0 atom stereocenters. The molecule has 1 aliphatic heterocycles. The van der Waals surface area contributed by atoms with Crippen LogP contribution in [0.25, 0.3) is 11.1 Å². The largest absolute Gasteiger partial charge is 0.491 e. The number of benzene rings is 2. The van der Waals surface area contributed by atoms with Crippen LogP contribution in [0.3, 0.4) is 0 Å². The van der Waals surface area contributed by atoms with Gasteiger partial charge < -0.3 is 10.1 Å². The highest BCUT2D eigenvalue weighted by molar-refractivity contribution is 7.77. The fourth-order valence-electron chi connectivity index (χ4n) is 4.83. The lowest BCUT2D eigenvalue weighted by Gasteiger charge is -2.35. The van der Waals surface area contributed by atoms with Gasteiger partial charge in [0.1, 0.15) is 18.4 Å². The van der Waals surface area contributed by atoms with E-state index in [9.17, 15) is 5.26 Å². The Morgan fingerprint density at radius 2 is 1.73 bits per heavy atom. The number of aryl methyl sites for hydroxylation is 1. The first kappa shape index (κ1) is 31.7.